The Bertz CT molecular complexity index is 802. The number of nitrogens with two attached hydrogens (primary N) is 1. The summed E-state index contributed by atoms with van der Waals surface area (Å²) < 4.78 is 0. The lowest BCUT2D eigenvalue weighted by Gasteiger charge is -2.32. The lowest BCUT2D eigenvalue weighted by Crippen LogP contribution is -2.56. The van der Waals surface area contributed by atoms with Crippen LogP contribution in [0, 0.1) is 0 Å². The summed E-state index contributed by atoms with van der Waals surface area (Å²) in [7, 11) is 0. The molecule has 0 aromatic rings. The molecule has 6 N–H and O–H groups in total. The molecule has 2 aliphatic heterocycles. The van der Waals surface area contributed by atoms with Gasteiger partial charge in [0.05, 0.1) is 6.04 Å². The molecule has 2 heterocycles. The fourth-order valence-electron chi connectivity index (χ4n) is 4.19. The zero-order valence-electron chi connectivity index (χ0n) is 18.1. The van der Waals surface area contributed by atoms with E-state index in [2.05, 4.69) is 5.32 Å². The number of nitrogens with zero attached hydrogens (tertiary/aromatic N) is 2. The number of hydrogen-bond donors (Lipinski definition) is 5. The first-order valence-electron chi connectivity index (χ1n) is 10.9. The Balaban J connectivity index is 2.05. The molecule has 0 radical (unpaired) electrons. The van der Waals surface area contributed by atoms with Crippen LogP contribution in [0.4, 0.5) is 0 Å². The van der Waals surface area contributed by atoms with E-state index in [1.807, 2.05) is 0 Å². The lowest BCUT2D eigenvalue weighted by molar-refractivity contribution is -0.148. The van der Waals surface area contributed by atoms with Crippen LogP contribution in [0.25, 0.3) is 0 Å². The van der Waals surface area contributed by atoms with Gasteiger partial charge in [0.25, 0.3) is 0 Å². The van der Waals surface area contributed by atoms with Crippen molar-refractivity contribution >= 4 is 35.6 Å². The van der Waals surface area contributed by atoms with E-state index in [-0.39, 0.29) is 32.4 Å². The van der Waals surface area contributed by atoms with Gasteiger partial charge in [-0.25, -0.2) is 4.79 Å². The Morgan fingerprint density at radius 2 is 1.39 bits per heavy atom. The Morgan fingerprint density at radius 3 is 1.97 bits per heavy atom. The molecule has 0 aromatic heterocycles. The second-order valence-corrected chi connectivity index (χ2v) is 8.25. The van der Waals surface area contributed by atoms with Gasteiger partial charge >= 0.3 is 17.9 Å². The fourth-order valence-corrected chi connectivity index (χ4v) is 4.19. The van der Waals surface area contributed by atoms with E-state index < -0.39 is 66.2 Å². The summed E-state index contributed by atoms with van der Waals surface area (Å²) in [4.78, 5) is 74.2. The molecule has 4 atom stereocenters. The maximum atomic E-state index is 13.2. The van der Waals surface area contributed by atoms with Crippen molar-refractivity contribution in [3.63, 3.8) is 0 Å². The summed E-state index contributed by atoms with van der Waals surface area (Å²) >= 11 is 0. The average Bonchev–Trinajstić information content (AvgIpc) is 3.43. The molecule has 2 aliphatic rings. The molecular weight excluding hydrogens is 440 g/mol. The number of amides is 3. The zero-order chi connectivity index (χ0) is 24.7. The Kier molecular flexibility index (Phi) is 9.14. The molecule has 184 valence electrons. The highest BCUT2D eigenvalue weighted by Crippen LogP contribution is 2.26. The number of hydrogen-bond acceptors (Lipinski definition) is 7. The van der Waals surface area contributed by atoms with E-state index in [1.54, 1.807) is 0 Å². The average molecular weight is 470 g/mol. The van der Waals surface area contributed by atoms with Gasteiger partial charge in [-0.05, 0) is 38.5 Å². The van der Waals surface area contributed by atoms with Gasteiger partial charge in [-0.1, -0.05) is 0 Å². The first-order valence-corrected chi connectivity index (χ1v) is 10.9. The molecule has 2 saturated heterocycles. The molecule has 0 aliphatic carbocycles. The minimum Gasteiger partial charge on any atom is -0.481 e. The van der Waals surface area contributed by atoms with Gasteiger partial charge in [0.2, 0.25) is 17.7 Å². The van der Waals surface area contributed by atoms with Crippen molar-refractivity contribution in [2.24, 2.45) is 5.73 Å². The van der Waals surface area contributed by atoms with Gasteiger partial charge in [-0.2, -0.15) is 0 Å². The molecular formula is C20H30N4O9. The van der Waals surface area contributed by atoms with Crippen molar-refractivity contribution in [3.8, 4) is 0 Å². The molecule has 0 aromatic carbocycles. The van der Waals surface area contributed by atoms with Gasteiger partial charge in [0.15, 0.2) is 0 Å². The number of carbonyl (C=O) groups excluding carboxylic acids is 3. The second-order valence-electron chi connectivity index (χ2n) is 8.25. The molecule has 0 saturated carbocycles. The number of carbonyl (C=O) groups is 6. The zero-order valence-corrected chi connectivity index (χ0v) is 18.1. The number of rotatable bonds is 11. The highest BCUT2D eigenvalue weighted by atomic mass is 16.4. The maximum absolute atomic E-state index is 13.2. The minimum absolute atomic E-state index is 0.0623. The van der Waals surface area contributed by atoms with E-state index in [0.29, 0.717) is 25.7 Å². The number of likely N-dealkylation sites (tertiary alicyclic amines) is 2. The second kappa shape index (κ2) is 11.6. The number of nitrogens with one attached hydrogen (secondary N) is 1. The standard InChI is InChI=1S/C20H30N4O9/c21-11(5-7-15(25)26)18(30)24-10-2-4-14(24)19(31)23-9-1-3-13(23)17(29)22-12(20(32)33)6-8-16(27)28/h11-14H,1-10,21H2,(H,22,29)(H,25,26)(H,27,28)(H,32,33). The van der Waals surface area contributed by atoms with E-state index in [9.17, 15) is 33.9 Å². The minimum atomic E-state index is -1.40. The van der Waals surface area contributed by atoms with Crippen LogP contribution in [0.2, 0.25) is 0 Å². The summed E-state index contributed by atoms with van der Waals surface area (Å²) in [6, 6.07) is -4.22. The molecule has 4 unspecified atom stereocenters. The Hall–Kier alpha value is -3.22. The molecule has 33 heavy (non-hydrogen) atoms. The van der Waals surface area contributed by atoms with Crippen molar-refractivity contribution in [2.45, 2.75) is 75.5 Å². The van der Waals surface area contributed by atoms with Crippen molar-refractivity contribution in [1.29, 1.82) is 0 Å². The predicted octanol–water partition coefficient (Wildman–Crippen LogP) is -1.41. The topological polar surface area (TPSA) is 208 Å². The van der Waals surface area contributed by atoms with E-state index >= 15 is 0 Å². The third-order valence-electron chi connectivity index (χ3n) is 5.91. The quantitative estimate of drug-likeness (QED) is 0.238. The van der Waals surface area contributed by atoms with E-state index in [4.69, 9.17) is 15.9 Å². The summed E-state index contributed by atoms with van der Waals surface area (Å²) in [5.74, 6) is -5.30. The van der Waals surface area contributed by atoms with E-state index in [0.717, 1.165) is 0 Å². The molecule has 13 nitrogen and oxygen atoms in total. The monoisotopic (exact) mass is 470 g/mol. The highest BCUT2D eigenvalue weighted by Gasteiger charge is 2.43. The lowest BCUT2D eigenvalue weighted by atomic mass is 10.1. The first-order chi connectivity index (χ1) is 15.5. The third-order valence-corrected chi connectivity index (χ3v) is 5.91. The fraction of sp³-hybridized carbons (Fsp3) is 0.700. The van der Waals surface area contributed by atoms with Crippen molar-refractivity contribution in [2.75, 3.05) is 13.1 Å². The number of carboxylic acids is 3. The molecule has 13 heteroatoms. The summed E-state index contributed by atoms with van der Waals surface area (Å²) in [6.07, 6.45) is 0.666. The smallest absolute Gasteiger partial charge is 0.326 e. The van der Waals surface area contributed by atoms with Gasteiger partial charge in [0.1, 0.15) is 18.1 Å². The van der Waals surface area contributed by atoms with Crippen LogP contribution < -0.4 is 11.1 Å². The van der Waals surface area contributed by atoms with Gasteiger partial charge < -0.3 is 36.2 Å². The number of carboxylic acid groups (broad SMARTS) is 3. The van der Waals surface area contributed by atoms with Gasteiger partial charge in [-0.15, -0.1) is 0 Å². The van der Waals surface area contributed by atoms with Crippen molar-refractivity contribution in [1.82, 2.24) is 15.1 Å². The molecule has 2 fully saturated rings. The van der Waals surface area contributed by atoms with E-state index in [1.165, 1.54) is 9.80 Å². The third kappa shape index (κ3) is 6.88. The summed E-state index contributed by atoms with van der Waals surface area (Å²) in [5, 5.41) is 29.1. The molecule has 0 bridgehead atoms. The largest absolute Gasteiger partial charge is 0.481 e. The molecule has 2 rings (SSSR count). The van der Waals surface area contributed by atoms with Crippen LogP contribution in [-0.4, -0.2) is 98.0 Å². The SMILES string of the molecule is NC(CCC(=O)O)C(=O)N1CCCC1C(=O)N1CCCC1C(=O)NC(CCC(=O)O)C(=O)O. The van der Waals surface area contributed by atoms with Crippen LogP contribution in [-0.2, 0) is 28.8 Å². The van der Waals surface area contributed by atoms with Crippen molar-refractivity contribution in [3.05, 3.63) is 0 Å². The van der Waals surface area contributed by atoms with Crippen LogP contribution in [0.15, 0.2) is 0 Å². The van der Waals surface area contributed by atoms with Crippen LogP contribution >= 0.6 is 0 Å². The first kappa shape index (κ1) is 26.0. The summed E-state index contributed by atoms with van der Waals surface area (Å²) in [5.41, 5.74) is 5.83. The maximum Gasteiger partial charge on any atom is 0.326 e. The van der Waals surface area contributed by atoms with Crippen LogP contribution in [0.3, 0.4) is 0 Å². The van der Waals surface area contributed by atoms with Crippen LogP contribution in [0.5, 0.6) is 0 Å². The Morgan fingerprint density at radius 1 is 0.848 bits per heavy atom. The Labute approximate surface area is 189 Å². The van der Waals surface area contributed by atoms with Gasteiger partial charge in [0, 0.05) is 25.9 Å². The highest BCUT2D eigenvalue weighted by molar-refractivity contribution is 5.95. The molecule has 3 amide bonds. The predicted molar refractivity (Wildman–Crippen MR) is 111 cm³/mol. The molecule has 0 spiro atoms. The van der Waals surface area contributed by atoms with Crippen LogP contribution in [0.1, 0.15) is 51.4 Å². The van der Waals surface area contributed by atoms with Crippen molar-refractivity contribution < 1.29 is 44.1 Å². The summed E-state index contributed by atoms with van der Waals surface area (Å²) in [6.45, 7) is 0.546. The number of aliphatic carboxylic acids is 3. The normalized spacial score (nSPS) is 22.0. The van der Waals surface area contributed by atoms with Gasteiger partial charge in [-0.3, -0.25) is 24.0 Å².